The Morgan fingerprint density at radius 1 is 1.41 bits per heavy atom. The van der Waals surface area contributed by atoms with Crippen molar-refractivity contribution in [2.75, 3.05) is 5.32 Å². The van der Waals surface area contributed by atoms with Gasteiger partial charge >= 0.3 is 0 Å². The third-order valence-electron chi connectivity index (χ3n) is 3.16. The Labute approximate surface area is 132 Å². The molecule has 1 aliphatic rings. The van der Waals surface area contributed by atoms with Crippen LogP contribution >= 0.6 is 11.3 Å². The van der Waals surface area contributed by atoms with E-state index in [1.165, 1.54) is 17.4 Å². The normalized spacial score (nSPS) is 18.0. The van der Waals surface area contributed by atoms with Gasteiger partial charge in [0.2, 0.25) is 10.0 Å². The number of sulfonamides is 1. The molecule has 2 aromatic heterocycles. The molecule has 8 heteroatoms. The molecular weight excluding hydrogens is 320 g/mol. The lowest BCUT2D eigenvalue weighted by molar-refractivity contribution is 0.604. The van der Waals surface area contributed by atoms with Gasteiger partial charge in [0, 0.05) is 23.3 Å². The standard InChI is InChI=1S/C14H14N4O2S2/c15-22(19,20)12-5-3-11(4-6-12)17-14-18-13(9-21-14)10-2-1-7-16-8-10/h1-3,5-9,11H,4H2,(H,17,18)(H2,15,19,20). The van der Waals surface area contributed by atoms with Crippen molar-refractivity contribution in [3.8, 4) is 11.3 Å². The van der Waals surface area contributed by atoms with Crippen LogP contribution in [0, 0.1) is 0 Å². The second kappa shape index (κ2) is 5.99. The summed E-state index contributed by atoms with van der Waals surface area (Å²) in [6.45, 7) is 0. The summed E-state index contributed by atoms with van der Waals surface area (Å²) in [5, 5.41) is 11.1. The van der Waals surface area contributed by atoms with E-state index in [1.807, 2.05) is 17.5 Å². The Hall–Kier alpha value is -2.03. The molecule has 22 heavy (non-hydrogen) atoms. The van der Waals surface area contributed by atoms with Gasteiger partial charge in [-0.05, 0) is 24.6 Å². The van der Waals surface area contributed by atoms with Gasteiger partial charge in [-0.3, -0.25) is 4.98 Å². The molecule has 3 N–H and O–H groups in total. The SMILES string of the molecule is NS(=O)(=O)C1=CCC(Nc2nc(-c3cccnc3)cs2)C=C1. The Balaban J connectivity index is 1.68. The van der Waals surface area contributed by atoms with Crippen molar-refractivity contribution in [3.05, 3.63) is 53.0 Å². The number of primary sulfonamides is 1. The van der Waals surface area contributed by atoms with Crippen molar-refractivity contribution in [2.45, 2.75) is 12.5 Å². The fraction of sp³-hybridized carbons (Fsp3) is 0.143. The highest BCUT2D eigenvalue weighted by Crippen LogP contribution is 2.26. The second-order valence-corrected chi connectivity index (χ2v) is 7.20. The number of thiazole rings is 1. The summed E-state index contributed by atoms with van der Waals surface area (Å²) in [4.78, 5) is 8.74. The van der Waals surface area contributed by atoms with Crippen molar-refractivity contribution in [1.82, 2.24) is 9.97 Å². The molecule has 0 spiro atoms. The molecule has 0 bridgehead atoms. The molecule has 114 valence electrons. The van der Waals surface area contributed by atoms with Gasteiger partial charge in [-0.15, -0.1) is 11.3 Å². The van der Waals surface area contributed by atoms with Gasteiger partial charge in [0.25, 0.3) is 0 Å². The molecule has 0 aliphatic heterocycles. The zero-order chi connectivity index (χ0) is 15.6. The van der Waals surface area contributed by atoms with Crippen molar-refractivity contribution < 1.29 is 8.42 Å². The van der Waals surface area contributed by atoms with Crippen LogP contribution in [0.1, 0.15) is 6.42 Å². The Morgan fingerprint density at radius 3 is 2.91 bits per heavy atom. The smallest absolute Gasteiger partial charge is 0.237 e. The molecule has 2 aromatic rings. The van der Waals surface area contributed by atoms with Gasteiger partial charge in [0.05, 0.1) is 16.6 Å². The highest BCUT2D eigenvalue weighted by molar-refractivity contribution is 7.93. The second-order valence-electron chi connectivity index (χ2n) is 4.78. The van der Waals surface area contributed by atoms with E-state index in [-0.39, 0.29) is 10.9 Å². The number of nitrogens with zero attached hydrogens (tertiary/aromatic N) is 2. The summed E-state index contributed by atoms with van der Waals surface area (Å²) in [5.41, 5.74) is 1.82. The predicted molar refractivity (Wildman–Crippen MR) is 87.7 cm³/mol. The molecule has 0 fully saturated rings. The molecule has 2 heterocycles. The third kappa shape index (κ3) is 3.41. The minimum absolute atomic E-state index is 0.00148. The van der Waals surface area contributed by atoms with Crippen LogP contribution in [0.5, 0.6) is 0 Å². The lowest BCUT2D eigenvalue weighted by Crippen LogP contribution is -2.21. The number of allylic oxidation sites excluding steroid dienone is 1. The van der Waals surface area contributed by atoms with Crippen LogP contribution in [0.15, 0.2) is 53.0 Å². The summed E-state index contributed by atoms with van der Waals surface area (Å²) < 4.78 is 22.5. The Bertz CT molecular complexity index is 826. The first-order valence-electron chi connectivity index (χ1n) is 6.56. The van der Waals surface area contributed by atoms with Gasteiger partial charge < -0.3 is 5.32 Å². The quantitative estimate of drug-likeness (QED) is 0.892. The monoisotopic (exact) mass is 334 g/mol. The largest absolute Gasteiger partial charge is 0.355 e. The maximum absolute atomic E-state index is 11.2. The highest BCUT2D eigenvalue weighted by Gasteiger charge is 2.16. The summed E-state index contributed by atoms with van der Waals surface area (Å²) in [6, 6.07) is 3.82. The number of hydrogen-bond donors (Lipinski definition) is 2. The molecule has 0 saturated heterocycles. The number of nitrogens with one attached hydrogen (secondary N) is 1. The Kier molecular flexibility index (Phi) is 4.06. The Morgan fingerprint density at radius 2 is 2.27 bits per heavy atom. The minimum atomic E-state index is -3.63. The van der Waals surface area contributed by atoms with Gasteiger partial charge in [-0.1, -0.05) is 12.2 Å². The van der Waals surface area contributed by atoms with Crippen LogP contribution < -0.4 is 10.5 Å². The minimum Gasteiger partial charge on any atom is -0.355 e. The van der Waals surface area contributed by atoms with Crippen LogP contribution in [0.4, 0.5) is 5.13 Å². The van der Waals surface area contributed by atoms with E-state index in [2.05, 4.69) is 15.3 Å². The van der Waals surface area contributed by atoms with E-state index < -0.39 is 10.0 Å². The number of hydrogen-bond acceptors (Lipinski definition) is 6. The number of aromatic nitrogens is 2. The lowest BCUT2D eigenvalue weighted by atomic mass is 10.1. The van der Waals surface area contributed by atoms with Gasteiger partial charge in [0.15, 0.2) is 5.13 Å². The third-order valence-corrected chi connectivity index (χ3v) is 4.90. The van der Waals surface area contributed by atoms with Gasteiger partial charge in [-0.25, -0.2) is 18.5 Å². The van der Waals surface area contributed by atoms with E-state index in [0.717, 1.165) is 16.4 Å². The number of pyridine rings is 1. The van der Waals surface area contributed by atoms with Crippen molar-refractivity contribution in [2.24, 2.45) is 5.14 Å². The van der Waals surface area contributed by atoms with Crippen molar-refractivity contribution in [1.29, 1.82) is 0 Å². The van der Waals surface area contributed by atoms with Gasteiger partial charge in [0.1, 0.15) is 0 Å². The molecule has 3 rings (SSSR count). The van der Waals surface area contributed by atoms with E-state index in [0.29, 0.717) is 6.42 Å². The average molecular weight is 334 g/mol. The van der Waals surface area contributed by atoms with Crippen LogP contribution in [0.2, 0.25) is 0 Å². The first kappa shape index (κ1) is 14.9. The summed E-state index contributed by atoms with van der Waals surface area (Å²) >= 11 is 1.50. The molecule has 0 aromatic carbocycles. The molecule has 6 nitrogen and oxygen atoms in total. The van der Waals surface area contributed by atoms with Crippen molar-refractivity contribution >= 4 is 26.5 Å². The maximum atomic E-state index is 11.2. The van der Waals surface area contributed by atoms with Crippen LogP contribution in [-0.4, -0.2) is 24.4 Å². The number of anilines is 1. The van der Waals surface area contributed by atoms with Gasteiger partial charge in [-0.2, -0.15) is 0 Å². The molecule has 0 amide bonds. The van der Waals surface area contributed by atoms with E-state index in [4.69, 9.17) is 5.14 Å². The molecular formula is C14H14N4O2S2. The highest BCUT2D eigenvalue weighted by atomic mass is 32.2. The van der Waals surface area contributed by atoms with E-state index in [1.54, 1.807) is 24.5 Å². The molecule has 0 radical (unpaired) electrons. The van der Waals surface area contributed by atoms with E-state index in [9.17, 15) is 8.42 Å². The van der Waals surface area contributed by atoms with Crippen LogP contribution in [0.3, 0.4) is 0 Å². The van der Waals surface area contributed by atoms with Crippen molar-refractivity contribution in [3.63, 3.8) is 0 Å². The molecule has 0 saturated carbocycles. The summed E-state index contributed by atoms with van der Waals surface area (Å²) in [7, 11) is -3.63. The zero-order valence-electron chi connectivity index (χ0n) is 11.5. The summed E-state index contributed by atoms with van der Waals surface area (Å²) in [6.07, 6.45) is 8.95. The van der Waals surface area contributed by atoms with E-state index >= 15 is 0 Å². The number of nitrogens with two attached hydrogens (primary N) is 1. The first-order valence-corrected chi connectivity index (χ1v) is 8.98. The number of rotatable bonds is 4. The van der Waals surface area contributed by atoms with Crippen LogP contribution in [-0.2, 0) is 10.0 Å². The zero-order valence-corrected chi connectivity index (χ0v) is 13.1. The maximum Gasteiger partial charge on any atom is 0.237 e. The summed E-state index contributed by atoms with van der Waals surface area (Å²) in [5.74, 6) is 0. The van der Waals surface area contributed by atoms with Crippen LogP contribution in [0.25, 0.3) is 11.3 Å². The first-order chi connectivity index (χ1) is 10.5. The predicted octanol–water partition coefficient (Wildman–Crippen LogP) is 2.12. The topological polar surface area (TPSA) is 98.0 Å². The molecule has 1 unspecified atom stereocenters. The fourth-order valence-corrected chi connectivity index (χ4v) is 3.44. The lowest BCUT2D eigenvalue weighted by Gasteiger charge is -2.16. The molecule has 1 atom stereocenters. The molecule has 1 aliphatic carbocycles. The fourth-order valence-electron chi connectivity index (χ4n) is 2.06. The average Bonchev–Trinajstić information content (AvgIpc) is 2.96.